The summed E-state index contributed by atoms with van der Waals surface area (Å²) in [4.78, 5) is 48.2. The number of hydrogen-bond acceptors (Lipinski definition) is 8. The van der Waals surface area contributed by atoms with E-state index in [1.165, 1.54) is 6.92 Å². The van der Waals surface area contributed by atoms with Gasteiger partial charge >= 0.3 is 63.4 Å². The molecule has 25 heavy (non-hydrogen) atoms. The number of carbonyl (C=O) groups is 4. The molecule has 1 aliphatic rings. The molecule has 1 rings (SSSR count). The summed E-state index contributed by atoms with van der Waals surface area (Å²) >= 11 is 0. The smallest absolute Gasteiger partial charge is 1.00 e. The number of rotatable bonds is 5. The number of nitrogens with zero attached hydrogens (tertiary/aromatic N) is 1. The Bertz CT molecular complexity index is 547. The van der Waals surface area contributed by atoms with Gasteiger partial charge in [0, 0.05) is 20.8 Å². The van der Waals surface area contributed by atoms with Crippen molar-refractivity contribution in [2.75, 3.05) is 6.61 Å². The molecular formula is C13H19N3O8Sr. The fraction of sp³-hybridized carbons (Fsp3) is 0.615. The monoisotopic (exact) mass is 433 g/mol. The molecule has 12 heteroatoms. The zero-order valence-electron chi connectivity index (χ0n) is 15.0. The molecule has 1 heterocycles. The van der Waals surface area contributed by atoms with Gasteiger partial charge in [0.1, 0.15) is 12.7 Å². The van der Waals surface area contributed by atoms with Crippen molar-refractivity contribution in [1.82, 2.24) is 5.32 Å². The van der Waals surface area contributed by atoms with Crippen LogP contribution in [0.2, 0.25) is 0 Å². The summed E-state index contributed by atoms with van der Waals surface area (Å²) < 4.78 is 20.4. The molecule has 0 saturated carbocycles. The summed E-state index contributed by atoms with van der Waals surface area (Å²) in [6.07, 6.45) is -2.62. The van der Waals surface area contributed by atoms with Gasteiger partial charge in [-0.3, -0.25) is 14.4 Å². The van der Waals surface area contributed by atoms with Crippen molar-refractivity contribution >= 4 is 75.8 Å². The van der Waals surface area contributed by atoms with Gasteiger partial charge in [0.25, 0.3) is 0 Å². The van der Waals surface area contributed by atoms with Crippen LogP contribution in [0.15, 0.2) is 4.99 Å². The Morgan fingerprint density at radius 3 is 2.16 bits per heavy atom. The molecule has 0 bridgehead atoms. The standard InChI is InChI=1S/C13H18N3O8.Sr.H/c1-6(17)21-4-9-10(22-7(2)18)11(23-8(3)19)12(24-9)16-13(20)15-5-14;;/h9-12H,4H2,1-3H3,(H3,14,15,16,20);;/q-1;+2;-1/t9-,10+,11?,12+;;/m1../s1. The van der Waals surface area contributed by atoms with Crippen LogP contribution in [-0.2, 0) is 33.3 Å². The maximum absolute atomic E-state index is 11.5. The number of urea groups is 1. The van der Waals surface area contributed by atoms with Crippen molar-refractivity contribution in [2.24, 2.45) is 10.7 Å². The Labute approximate surface area is 182 Å². The average Bonchev–Trinajstić information content (AvgIpc) is 2.73. The third-order valence-electron chi connectivity index (χ3n) is 2.80. The first-order valence-corrected chi connectivity index (χ1v) is 6.84. The number of nitrogens with two attached hydrogens (primary N) is 1. The second-order valence-electron chi connectivity index (χ2n) is 4.74. The third-order valence-corrected chi connectivity index (χ3v) is 2.80. The van der Waals surface area contributed by atoms with Gasteiger partial charge in [-0.05, 0) is 0 Å². The van der Waals surface area contributed by atoms with Crippen molar-refractivity contribution in [3.05, 3.63) is 0 Å². The van der Waals surface area contributed by atoms with E-state index < -0.39 is 48.5 Å². The van der Waals surface area contributed by atoms with Crippen molar-refractivity contribution in [2.45, 2.75) is 45.3 Å². The van der Waals surface area contributed by atoms with Gasteiger partial charge in [0.2, 0.25) is 0 Å². The fourth-order valence-corrected chi connectivity index (χ4v) is 2.04. The van der Waals surface area contributed by atoms with Gasteiger partial charge in [-0.2, -0.15) is 0 Å². The molecule has 4 atom stereocenters. The van der Waals surface area contributed by atoms with E-state index in [0.717, 1.165) is 13.8 Å². The molecule has 1 aliphatic heterocycles. The molecule has 1 saturated heterocycles. The zero-order chi connectivity index (χ0) is 18.3. The number of nitrogens with one attached hydrogen (secondary N) is 1. The summed E-state index contributed by atoms with van der Waals surface area (Å²) in [6.45, 7) is 3.19. The van der Waals surface area contributed by atoms with E-state index in [4.69, 9.17) is 24.7 Å². The van der Waals surface area contributed by atoms with E-state index in [2.05, 4.69) is 10.3 Å². The quantitative estimate of drug-likeness (QED) is 0.0997. The first-order chi connectivity index (χ1) is 11.2. The molecule has 0 aromatic rings. The van der Waals surface area contributed by atoms with Crippen molar-refractivity contribution in [1.29, 1.82) is 0 Å². The van der Waals surface area contributed by atoms with Gasteiger partial charge in [-0.1, -0.05) is 6.34 Å². The summed E-state index contributed by atoms with van der Waals surface area (Å²) in [5.74, 6) is -1.95. The number of amides is 2. The van der Waals surface area contributed by atoms with Crippen LogP contribution in [0.4, 0.5) is 4.79 Å². The van der Waals surface area contributed by atoms with Crippen LogP contribution in [-0.4, -0.2) is 107 Å². The molecule has 136 valence electrons. The van der Waals surface area contributed by atoms with Crippen LogP contribution in [0, 0.1) is 0 Å². The average molecular weight is 433 g/mol. The van der Waals surface area contributed by atoms with Crippen LogP contribution in [0.3, 0.4) is 0 Å². The number of hydrogen-bond donors (Lipinski definition) is 2. The summed E-state index contributed by atoms with van der Waals surface area (Å²) in [6, 6.07) is -0.908. The zero-order valence-corrected chi connectivity index (χ0v) is 17.5. The normalized spacial score (nSPS) is 24.9. The van der Waals surface area contributed by atoms with Gasteiger partial charge in [-0.15, -0.1) is 0 Å². The Morgan fingerprint density at radius 1 is 1.12 bits per heavy atom. The summed E-state index contributed by atoms with van der Waals surface area (Å²) in [7, 11) is 0. The minimum Gasteiger partial charge on any atom is -1.00 e. The van der Waals surface area contributed by atoms with E-state index in [0.29, 0.717) is 0 Å². The fourth-order valence-electron chi connectivity index (χ4n) is 2.04. The van der Waals surface area contributed by atoms with Crippen LogP contribution in [0.5, 0.6) is 0 Å². The molecule has 3 N–H and O–H groups in total. The van der Waals surface area contributed by atoms with Crippen molar-refractivity contribution < 1.29 is 39.6 Å². The Kier molecular flexibility index (Phi) is 10.9. The van der Waals surface area contributed by atoms with Crippen molar-refractivity contribution in [3.8, 4) is 0 Å². The largest absolute Gasteiger partial charge is 2.00 e. The van der Waals surface area contributed by atoms with Gasteiger partial charge < -0.3 is 41.2 Å². The van der Waals surface area contributed by atoms with E-state index in [1.54, 1.807) is 6.34 Å². The topological polar surface area (TPSA) is 156 Å². The number of ether oxygens (including phenoxy) is 4. The molecule has 0 spiro atoms. The molecule has 11 nitrogen and oxygen atoms in total. The molecular weight excluding hydrogens is 414 g/mol. The maximum Gasteiger partial charge on any atom is 2.00 e. The van der Waals surface area contributed by atoms with E-state index in [-0.39, 0.29) is 53.5 Å². The number of carbonyl (C=O) groups excluding carboxylic acids is 4. The van der Waals surface area contributed by atoms with Crippen molar-refractivity contribution in [3.63, 3.8) is 0 Å². The van der Waals surface area contributed by atoms with Crippen LogP contribution < -0.4 is 11.1 Å². The molecule has 0 aromatic heterocycles. The predicted octanol–water partition coefficient (Wildman–Crippen LogP) is -1.56. The summed E-state index contributed by atoms with van der Waals surface area (Å²) in [5.41, 5.74) is 4.89. The molecule has 1 fully saturated rings. The molecule has 2 amide bonds. The van der Waals surface area contributed by atoms with Crippen LogP contribution in [0.25, 0.3) is 0 Å². The molecule has 0 radical (unpaired) electrons. The number of esters is 3. The molecule has 0 aromatic carbocycles. The third kappa shape index (κ3) is 8.14. The second kappa shape index (κ2) is 11.4. The maximum atomic E-state index is 11.5. The van der Waals surface area contributed by atoms with E-state index in [9.17, 15) is 19.2 Å². The SMILES string of the molecule is CC(=O)OC[C@H]1O[C@H](NC(=O)N=[C-]N)C(OC(C)=O)[C@H]1OC(C)=O.[H-].[Sr+2]. The number of aliphatic imine (C=N–C) groups is 1. The Balaban J connectivity index is 0. The van der Waals surface area contributed by atoms with Gasteiger partial charge in [-0.25, -0.2) is 0 Å². The minimum absolute atomic E-state index is 0. The van der Waals surface area contributed by atoms with Gasteiger partial charge in [0.15, 0.2) is 24.5 Å². The van der Waals surface area contributed by atoms with Gasteiger partial charge in [0.05, 0.1) is 0 Å². The van der Waals surface area contributed by atoms with Crippen LogP contribution >= 0.6 is 0 Å². The van der Waals surface area contributed by atoms with E-state index >= 15 is 0 Å². The first-order valence-electron chi connectivity index (χ1n) is 6.84. The van der Waals surface area contributed by atoms with E-state index in [1.807, 2.05) is 0 Å². The predicted molar refractivity (Wildman–Crippen MR) is 83.4 cm³/mol. The minimum atomic E-state index is -1.19. The molecule has 0 aliphatic carbocycles. The Morgan fingerprint density at radius 2 is 1.68 bits per heavy atom. The summed E-state index contributed by atoms with van der Waals surface area (Å²) in [5, 5.41) is 2.28. The Hall–Kier alpha value is -1.21. The molecule has 1 unspecified atom stereocenters. The van der Waals surface area contributed by atoms with Crippen LogP contribution in [0.1, 0.15) is 22.2 Å². The first kappa shape index (κ1) is 23.8. The second-order valence-corrected chi connectivity index (χ2v) is 4.74.